The Balaban J connectivity index is 1.63. The van der Waals surface area contributed by atoms with Crippen LogP contribution >= 0.6 is 11.3 Å². The van der Waals surface area contributed by atoms with Crippen LogP contribution in [0.5, 0.6) is 0 Å². The highest BCUT2D eigenvalue weighted by molar-refractivity contribution is 7.09. The molecular weight excluding hydrogens is 360 g/mol. The summed E-state index contributed by atoms with van der Waals surface area (Å²) in [5, 5.41) is 3.01. The molecule has 2 aliphatic rings. The molecule has 0 unspecified atom stereocenters. The Bertz CT molecular complexity index is 659. The van der Waals surface area contributed by atoms with E-state index in [1.165, 1.54) is 32.1 Å². The van der Waals surface area contributed by atoms with Gasteiger partial charge in [0.2, 0.25) is 0 Å². The number of ketones is 1. The zero-order valence-electron chi connectivity index (χ0n) is 16.8. The molecule has 1 aromatic heterocycles. The molecule has 150 valence electrons. The summed E-state index contributed by atoms with van der Waals surface area (Å²) in [6, 6.07) is -0.379. The predicted octanol–water partition coefficient (Wildman–Crippen LogP) is 5.09. The van der Waals surface area contributed by atoms with Crippen LogP contribution in [0.3, 0.4) is 0 Å². The van der Waals surface area contributed by atoms with E-state index < -0.39 is 5.60 Å². The fourth-order valence-corrected chi connectivity index (χ4v) is 4.95. The molecule has 1 aliphatic carbocycles. The van der Waals surface area contributed by atoms with E-state index in [0.29, 0.717) is 18.9 Å². The van der Waals surface area contributed by atoms with Crippen LogP contribution in [0.1, 0.15) is 88.8 Å². The second kappa shape index (κ2) is 8.72. The number of piperidine rings is 1. The normalized spacial score (nSPS) is 21.9. The largest absolute Gasteiger partial charge is 0.444 e. The fraction of sp³-hybridized carbons (Fsp3) is 0.762. The Morgan fingerprint density at radius 2 is 1.85 bits per heavy atom. The minimum Gasteiger partial charge on any atom is -0.444 e. The van der Waals surface area contributed by atoms with Crippen molar-refractivity contribution < 1.29 is 14.3 Å². The smallest absolute Gasteiger partial charge is 0.410 e. The zero-order valence-corrected chi connectivity index (χ0v) is 17.6. The molecule has 5 nitrogen and oxygen atoms in total. The van der Waals surface area contributed by atoms with Crippen molar-refractivity contribution in [2.24, 2.45) is 0 Å². The number of likely N-dealkylation sites (tertiary alicyclic amines) is 1. The van der Waals surface area contributed by atoms with Crippen molar-refractivity contribution in [3.8, 4) is 0 Å². The number of Topliss-reactive ketones (excluding diaryl/α,β-unsaturated/α-hetero) is 1. The molecule has 1 amide bonds. The van der Waals surface area contributed by atoms with Crippen molar-refractivity contribution in [3.63, 3.8) is 0 Å². The number of aromatic nitrogens is 1. The van der Waals surface area contributed by atoms with Gasteiger partial charge in [0.25, 0.3) is 0 Å². The topological polar surface area (TPSA) is 59.5 Å². The fourth-order valence-electron chi connectivity index (χ4n) is 4.06. The van der Waals surface area contributed by atoms with E-state index in [0.717, 1.165) is 30.0 Å². The summed E-state index contributed by atoms with van der Waals surface area (Å²) in [6.07, 6.45) is 8.88. The molecular formula is C21H32N2O3S. The van der Waals surface area contributed by atoms with Crippen LogP contribution in [0.25, 0.3) is 0 Å². The molecule has 2 heterocycles. The number of nitrogens with zero attached hydrogens (tertiary/aromatic N) is 2. The van der Waals surface area contributed by atoms with E-state index >= 15 is 0 Å². The van der Waals surface area contributed by atoms with Crippen LogP contribution in [0.2, 0.25) is 0 Å². The molecule has 27 heavy (non-hydrogen) atoms. The molecule has 1 saturated heterocycles. The summed E-state index contributed by atoms with van der Waals surface area (Å²) < 4.78 is 5.51. The standard InChI is InChI=1S/C21H32N2O3S/c1-21(2,3)26-20(25)23-12-8-7-11-17(23)18(24)13-19-22-16(14-27-19)15-9-5-4-6-10-15/h14-15,17H,4-13H2,1-3H3/t17-/m0/s1. The van der Waals surface area contributed by atoms with E-state index in [2.05, 4.69) is 5.38 Å². The minimum absolute atomic E-state index is 0.0881. The van der Waals surface area contributed by atoms with Crippen molar-refractivity contribution in [1.29, 1.82) is 0 Å². The lowest BCUT2D eigenvalue weighted by atomic mass is 9.87. The van der Waals surface area contributed by atoms with Crippen LogP contribution in [0.15, 0.2) is 5.38 Å². The van der Waals surface area contributed by atoms with Gasteiger partial charge in [0.15, 0.2) is 5.78 Å². The van der Waals surface area contributed by atoms with Gasteiger partial charge in [-0.25, -0.2) is 9.78 Å². The van der Waals surface area contributed by atoms with Crippen molar-refractivity contribution in [3.05, 3.63) is 16.1 Å². The van der Waals surface area contributed by atoms with Gasteiger partial charge in [-0.3, -0.25) is 9.69 Å². The van der Waals surface area contributed by atoms with Crippen LogP contribution < -0.4 is 0 Å². The third-order valence-electron chi connectivity index (χ3n) is 5.42. The van der Waals surface area contributed by atoms with Gasteiger partial charge in [0, 0.05) is 17.8 Å². The number of carbonyl (C=O) groups excluding carboxylic acids is 2. The Hall–Kier alpha value is -1.43. The van der Waals surface area contributed by atoms with Crippen molar-refractivity contribution in [2.45, 2.75) is 96.1 Å². The van der Waals surface area contributed by atoms with Gasteiger partial charge in [0.05, 0.1) is 18.2 Å². The zero-order chi connectivity index (χ0) is 19.4. The molecule has 0 spiro atoms. The molecule has 3 rings (SSSR count). The number of ether oxygens (including phenoxy) is 1. The van der Waals surface area contributed by atoms with Gasteiger partial charge in [-0.15, -0.1) is 11.3 Å². The van der Waals surface area contributed by atoms with Crippen molar-refractivity contribution in [1.82, 2.24) is 9.88 Å². The summed E-state index contributed by atoms with van der Waals surface area (Å²) in [7, 11) is 0. The van der Waals surface area contributed by atoms with Crippen LogP contribution in [0, 0.1) is 0 Å². The highest BCUT2D eigenvalue weighted by Crippen LogP contribution is 2.33. The van der Waals surface area contributed by atoms with Crippen LogP contribution in [-0.2, 0) is 16.0 Å². The van der Waals surface area contributed by atoms with Gasteiger partial charge >= 0.3 is 6.09 Å². The van der Waals surface area contributed by atoms with E-state index in [9.17, 15) is 9.59 Å². The molecule has 0 radical (unpaired) electrons. The highest BCUT2D eigenvalue weighted by atomic mass is 32.1. The Kier molecular flexibility index (Phi) is 6.56. The highest BCUT2D eigenvalue weighted by Gasteiger charge is 2.35. The maximum Gasteiger partial charge on any atom is 0.410 e. The maximum absolute atomic E-state index is 13.0. The first-order valence-electron chi connectivity index (χ1n) is 10.3. The van der Waals surface area contributed by atoms with E-state index in [-0.39, 0.29) is 17.9 Å². The third-order valence-corrected chi connectivity index (χ3v) is 6.29. The summed E-state index contributed by atoms with van der Waals surface area (Å²) >= 11 is 1.59. The Morgan fingerprint density at radius 3 is 2.56 bits per heavy atom. The minimum atomic E-state index is -0.549. The Labute approximate surface area is 166 Å². The first kappa shape index (κ1) is 20.3. The van der Waals surface area contributed by atoms with Gasteiger partial charge in [-0.2, -0.15) is 0 Å². The first-order chi connectivity index (χ1) is 12.8. The summed E-state index contributed by atoms with van der Waals surface area (Å²) in [4.78, 5) is 31.9. The van der Waals surface area contributed by atoms with Crippen LogP contribution in [-0.4, -0.2) is 39.9 Å². The molecule has 2 fully saturated rings. The second-order valence-electron chi connectivity index (χ2n) is 8.83. The number of rotatable bonds is 4. The SMILES string of the molecule is CC(C)(C)OC(=O)N1CCCC[C@H]1C(=O)Cc1nc(C2CCCCC2)cs1. The molecule has 1 saturated carbocycles. The number of hydrogen-bond acceptors (Lipinski definition) is 5. The molecule has 0 N–H and O–H groups in total. The summed E-state index contributed by atoms with van der Waals surface area (Å²) in [6.45, 7) is 6.16. The van der Waals surface area contributed by atoms with Gasteiger partial charge in [-0.1, -0.05) is 19.3 Å². The summed E-state index contributed by atoms with van der Waals surface area (Å²) in [5.41, 5.74) is 0.613. The number of amides is 1. The molecule has 0 aromatic carbocycles. The van der Waals surface area contributed by atoms with Gasteiger partial charge in [-0.05, 0) is 52.9 Å². The van der Waals surface area contributed by atoms with Crippen LogP contribution in [0.4, 0.5) is 4.79 Å². The van der Waals surface area contributed by atoms with E-state index in [1.54, 1.807) is 16.2 Å². The van der Waals surface area contributed by atoms with E-state index in [4.69, 9.17) is 9.72 Å². The summed E-state index contributed by atoms with van der Waals surface area (Å²) in [5.74, 6) is 0.650. The molecule has 1 aromatic rings. The predicted molar refractivity (Wildman–Crippen MR) is 107 cm³/mol. The van der Waals surface area contributed by atoms with Crippen molar-refractivity contribution >= 4 is 23.2 Å². The lowest BCUT2D eigenvalue weighted by Gasteiger charge is -2.35. The lowest BCUT2D eigenvalue weighted by Crippen LogP contribution is -2.50. The van der Waals surface area contributed by atoms with Crippen molar-refractivity contribution in [2.75, 3.05) is 6.54 Å². The molecule has 0 bridgehead atoms. The molecule has 6 heteroatoms. The average molecular weight is 393 g/mol. The number of thiazole rings is 1. The maximum atomic E-state index is 13.0. The Morgan fingerprint density at radius 1 is 1.15 bits per heavy atom. The number of carbonyl (C=O) groups is 2. The number of hydrogen-bond donors (Lipinski definition) is 0. The second-order valence-corrected chi connectivity index (χ2v) is 9.77. The first-order valence-corrected chi connectivity index (χ1v) is 11.2. The lowest BCUT2D eigenvalue weighted by molar-refractivity contribution is -0.124. The molecule has 1 atom stereocenters. The van der Waals surface area contributed by atoms with Gasteiger partial charge < -0.3 is 4.74 Å². The monoisotopic (exact) mass is 392 g/mol. The van der Waals surface area contributed by atoms with Gasteiger partial charge in [0.1, 0.15) is 10.6 Å². The average Bonchev–Trinajstić information content (AvgIpc) is 3.09. The third kappa shape index (κ3) is 5.53. The van der Waals surface area contributed by atoms with E-state index in [1.807, 2.05) is 20.8 Å². The molecule has 1 aliphatic heterocycles. The quantitative estimate of drug-likeness (QED) is 0.716.